The van der Waals surface area contributed by atoms with E-state index in [1.54, 1.807) is 6.08 Å². The van der Waals surface area contributed by atoms with E-state index in [0.29, 0.717) is 76.9 Å². The highest BCUT2D eigenvalue weighted by Crippen LogP contribution is 2.45. The number of fused-ring (bicyclic) bond motifs is 2. The van der Waals surface area contributed by atoms with Crippen molar-refractivity contribution in [3.8, 4) is 45.3 Å². The number of nitrogens with two attached hydrogens (primary N) is 2. The molecule has 4 aromatic heterocycles. The topological polar surface area (TPSA) is 216 Å². The number of hydrogen-bond acceptors (Lipinski definition) is 16. The first kappa shape index (κ1) is 58.3. The van der Waals surface area contributed by atoms with Crippen molar-refractivity contribution in [2.75, 3.05) is 91.3 Å². The highest BCUT2D eigenvalue weighted by atomic mass is 35.5. The van der Waals surface area contributed by atoms with E-state index in [2.05, 4.69) is 51.4 Å². The maximum Gasteiger partial charge on any atom is 0.297 e. The Labute approximate surface area is 492 Å². The van der Waals surface area contributed by atoms with E-state index >= 15 is 0 Å². The summed E-state index contributed by atoms with van der Waals surface area (Å²) in [6.45, 7) is 8.09. The van der Waals surface area contributed by atoms with E-state index in [1.807, 2.05) is 138 Å². The Balaban J connectivity index is 0.000000158. The van der Waals surface area contributed by atoms with Gasteiger partial charge in [-0.3, -0.25) is 19.4 Å². The second kappa shape index (κ2) is 27.9. The Hall–Kier alpha value is -7.88. The zero-order valence-electron chi connectivity index (χ0n) is 46.4. The molecule has 0 unspecified atom stereocenters. The highest BCUT2D eigenvalue weighted by molar-refractivity contribution is 6.36. The van der Waals surface area contributed by atoms with Crippen LogP contribution in [0.5, 0.6) is 23.0 Å². The number of nitrogens with one attached hydrogen (secondary N) is 1. The van der Waals surface area contributed by atoms with Crippen LogP contribution in [0, 0.1) is 0 Å². The Morgan fingerprint density at radius 1 is 0.663 bits per heavy atom. The summed E-state index contributed by atoms with van der Waals surface area (Å²) < 4.78 is 31.1. The quantitative estimate of drug-likeness (QED) is 0.0439. The first-order valence-electron chi connectivity index (χ1n) is 27.8. The summed E-state index contributed by atoms with van der Waals surface area (Å²) >= 11 is 14.0. The Morgan fingerprint density at radius 3 is 1.63 bits per heavy atom. The number of ether oxygens (including phenoxy) is 5. The van der Waals surface area contributed by atoms with Gasteiger partial charge in [0.2, 0.25) is 5.91 Å². The average Bonchev–Trinajstić information content (AvgIpc) is 2.69. The molecular weight excluding hydrogens is 1100 g/mol. The monoisotopic (exact) mass is 1160 g/mol. The number of carbonyl (C=O) groups excluding carboxylic acids is 2. The molecule has 19 nitrogen and oxygen atoms in total. The summed E-state index contributed by atoms with van der Waals surface area (Å²) in [6, 6.07) is 36.0. The number of anilines is 2. The van der Waals surface area contributed by atoms with Crippen LogP contribution in [-0.2, 0) is 23.8 Å². The predicted octanol–water partition coefficient (Wildman–Crippen LogP) is 10.2. The van der Waals surface area contributed by atoms with Crippen molar-refractivity contribution in [3.63, 3.8) is 0 Å². The van der Waals surface area contributed by atoms with Crippen LogP contribution in [0.15, 0.2) is 146 Å². The van der Waals surface area contributed by atoms with Crippen molar-refractivity contribution in [1.82, 2.24) is 49.1 Å². The van der Waals surface area contributed by atoms with Crippen molar-refractivity contribution in [1.29, 1.82) is 0 Å². The van der Waals surface area contributed by atoms with E-state index in [9.17, 15) is 9.59 Å². The lowest BCUT2D eigenvalue weighted by atomic mass is 10.1. The molecule has 4 aliphatic heterocycles. The molecule has 4 fully saturated rings. The molecular formula is C62H68Cl2N12O7. The van der Waals surface area contributed by atoms with E-state index in [4.69, 9.17) is 53.6 Å². The standard InChI is InChI=1S/C31H33ClN6O3.C22H20ClN5O.C9H15NO3/c1-36(23-14-17-40-19-23)15-5-8-26(39)37-16-13-22(18-37)38-29(32)27(28-30(33)34-20-35-31(28)38)21-9-11-25(12-10-21)41-24-6-3-2-4-7-24;23-20-18(14-6-8-17(9-7-14)29-16-4-2-1-3-5-16)19-21(24)26-13-27-22(19)28(20)15-10-11-25-12-15;1-10(4-2-5-13-8-11)9-3-6-12-7-9/h2-12,20,22-23H,13-19H2,1H3,(H2,33,34,35);1-9,13,15,25H,10-12H2,(H2,24,26,27);2,5,8-9H,3-4,6-7H2,1H3/b8-5+;;5-2+/t22-,23+;15-;9-/m110/s1. The van der Waals surface area contributed by atoms with Crippen molar-refractivity contribution < 1.29 is 33.3 Å². The van der Waals surface area contributed by atoms with Crippen LogP contribution >= 0.6 is 23.2 Å². The van der Waals surface area contributed by atoms with Crippen LogP contribution in [0.25, 0.3) is 44.3 Å². The van der Waals surface area contributed by atoms with Gasteiger partial charge in [0, 0.05) is 75.2 Å². The fourth-order valence-corrected chi connectivity index (χ4v) is 11.7. The van der Waals surface area contributed by atoms with E-state index < -0.39 is 0 Å². The molecule has 0 spiro atoms. The largest absolute Gasteiger partial charge is 0.457 e. The Kier molecular flexibility index (Phi) is 19.6. The fraction of sp³-hybridized carbons (Fsp3) is 0.323. The summed E-state index contributed by atoms with van der Waals surface area (Å²) in [5, 5.41) is 6.05. The van der Waals surface area contributed by atoms with Gasteiger partial charge >= 0.3 is 0 Å². The second-order valence-corrected chi connectivity index (χ2v) is 21.4. The number of likely N-dealkylation sites (N-methyl/N-ethyl adjacent to an activating group) is 2. The van der Waals surface area contributed by atoms with Gasteiger partial charge in [0.15, 0.2) is 0 Å². The molecule has 0 radical (unpaired) electrons. The van der Waals surface area contributed by atoms with Gasteiger partial charge in [-0.05, 0) is 112 Å². The normalized spacial score (nSPS) is 18.7. The lowest BCUT2D eigenvalue weighted by Crippen LogP contribution is -2.32. The van der Waals surface area contributed by atoms with Crippen molar-refractivity contribution in [2.45, 2.75) is 49.9 Å². The molecule has 5 N–H and O–H groups in total. The van der Waals surface area contributed by atoms with E-state index in [1.165, 1.54) is 18.9 Å². The SMILES string of the molecule is CN(C/C=C/C(=O)N1CC[C@@H](n2c(Cl)c(-c3ccc(Oc4ccccc4)cc3)c3c(N)ncnc32)C1)[C@H]1CCOC1.CN(C/C=C/OC=O)[C@H]1CCOC1.Nc1ncnc2c1c(-c1ccc(Oc3ccccc3)cc1)c(Cl)n2[C@@H]1CCNC1. The first-order valence-corrected chi connectivity index (χ1v) is 28.5. The number of carbonyl (C=O) groups is 2. The number of nitrogens with zero attached hydrogens (tertiary/aromatic N) is 9. The summed E-state index contributed by atoms with van der Waals surface area (Å²) in [7, 11) is 4.10. The van der Waals surface area contributed by atoms with Crippen molar-refractivity contribution >= 4 is 69.3 Å². The Morgan fingerprint density at radius 2 is 1.16 bits per heavy atom. The maximum atomic E-state index is 13.0. The zero-order chi connectivity index (χ0) is 57.7. The number of rotatable bonds is 17. The average molecular weight is 1160 g/mol. The maximum absolute atomic E-state index is 13.0. The number of aromatic nitrogens is 6. The minimum atomic E-state index is -0.0376. The second-order valence-electron chi connectivity index (χ2n) is 20.7. The number of hydrogen-bond donors (Lipinski definition) is 3. The van der Waals surface area contributed by atoms with Crippen LogP contribution in [0.1, 0.15) is 37.8 Å². The molecule has 8 heterocycles. The van der Waals surface area contributed by atoms with Gasteiger partial charge in [-0.1, -0.05) is 89.9 Å². The van der Waals surface area contributed by atoms with Gasteiger partial charge in [-0.15, -0.1) is 0 Å². The third kappa shape index (κ3) is 14.0. The van der Waals surface area contributed by atoms with Crippen LogP contribution in [-0.4, -0.2) is 148 Å². The van der Waals surface area contributed by atoms with Crippen molar-refractivity contribution in [3.05, 3.63) is 157 Å². The molecule has 1 amide bonds. The summed E-state index contributed by atoms with van der Waals surface area (Å²) in [5.74, 6) is 3.81. The molecule has 0 bridgehead atoms. The number of para-hydroxylation sites is 2. The van der Waals surface area contributed by atoms with Crippen LogP contribution in [0.2, 0.25) is 10.3 Å². The van der Waals surface area contributed by atoms with Gasteiger partial charge < -0.3 is 54.5 Å². The fourth-order valence-electron chi connectivity index (χ4n) is 10.9. The number of nitrogen functional groups attached to an aromatic ring is 2. The molecule has 83 heavy (non-hydrogen) atoms. The summed E-state index contributed by atoms with van der Waals surface area (Å²) in [6.07, 6.45) is 13.6. The van der Waals surface area contributed by atoms with Gasteiger partial charge in [-0.2, -0.15) is 0 Å². The minimum absolute atomic E-state index is 0.000441. The van der Waals surface area contributed by atoms with Gasteiger partial charge in [0.25, 0.3) is 6.47 Å². The number of likely N-dealkylation sites (tertiary alicyclic amines) is 1. The minimum Gasteiger partial charge on any atom is -0.457 e. The molecule has 432 valence electrons. The Bertz CT molecular complexity index is 3490. The predicted molar refractivity (Wildman–Crippen MR) is 324 cm³/mol. The number of amides is 1. The van der Waals surface area contributed by atoms with E-state index in [-0.39, 0.29) is 18.0 Å². The van der Waals surface area contributed by atoms with Crippen LogP contribution in [0.3, 0.4) is 0 Å². The van der Waals surface area contributed by atoms with Crippen molar-refractivity contribution in [2.24, 2.45) is 0 Å². The molecule has 8 aromatic rings. The molecule has 4 saturated heterocycles. The van der Waals surface area contributed by atoms with Gasteiger partial charge in [-0.25, -0.2) is 19.9 Å². The zero-order valence-corrected chi connectivity index (χ0v) is 47.9. The lowest BCUT2D eigenvalue weighted by Gasteiger charge is -2.21. The molecule has 21 heteroatoms. The molecule has 4 atom stereocenters. The van der Waals surface area contributed by atoms with Gasteiger partial charge in [0.1, 0.15) is 68.9 Å². The highest BCUT2D eigenvalue weighted by Gasteiger charge is 2.33. The smallest absolute Gasteiger partial charge is 0.297 e. The van der Waals surface area contributed by atoms with E-state index in [0.717, 1.165) is 122 Å². The third-order valence-electron chi connectivity index (χ3n) is 15.3. The molecule has 12 rings (SSSR count). The van der Waals surface area contributed by atoms with Crippen LogP contribution in [0.4, 0.5) is 11.6 Å². The molecule has 0 saturated carbocycles. The number of benzene rings is 4. The molecule has 4 aliphatic rings. The summed E-state index contributed by atoms with van der Waals surface area (Å²) in [4.78, 5) is 46.6. The lowest BCUT2D eigenvalue weighted by molar-refractivity contribution is -0.125. The molecule has 0 aliphatic carbocycles. The van der Waals surface area contributed by atoms with Gasteiger partial charge in [0.05, 0.1) is 42.3 Å². The van der Waals surface area contributed by atoms with Crippen LogP contribution < -0.4 is 26.3 Å². The third-order valence-corrected chi connectivity index (χ3v) is 16.1. The molecule has 4 aromatic carbocycles. The summed E-state index contributed by atoms with van der Waals surface area (Å²) in [5.41, 5.74) is 17.5. The first-order chi connectivity index (χ1) is 40.6. The number of halogens is 2.